The van der Waals surface area contributed by atoms with Crippen LogP contribution in [0.15, 0.2) is 24.3 Å². The van der Waals surface area contributed by atoms with E-state index in [1.165, 1.54) is 35.1 Å². The molecular weight excluding hydrogens is 297 g/mol. The fraction of sp³-hybridized carbons (Fsp3) is 0.538. The van der Waals surface area contributed by atoms with E-state index in [4.69, 9.17) is 0 Å². The molecule has 2 heteroatoms. The molecule has 1 aromatic carbocycles. The van der Waals surface area contributed by atoms with Crippen LogP contribution >= 0.6 is 22.6 Å². The van der Waals surface area contributed by atoms with Crippen LogP contribution in [-0.2, 0) is 6.54 Å². The van der Waals surface area contributed by atoms with Gasteiger partial charge in [-0.25, -0.2) is 0 Å². The Hall–Kier alpha value is -0.0900. The second kappa shape index (κ2) is 5.30. The van der Waals surface area contributed by atoms with Crippen LogP contribution in [0.2, 0.25) is 0 Å². The molecule has 15 heavy (non-hydrogen) atoms. The van der Waals surface area contributed by atoms with E-state index >= 15 is 0 Å². The van der Waals surface area contributed by atoms with E-state index in [9.17, 15) is 0 Å². The Kier molecular flexibility index (Phi) is 4.03. The largest absolute Gasteiger partial charge is 0.299 e. The Balaban J connectivity index is 1.89. The fourth-order valence-electron chi connectivity index (χ4n) is 1.82. The molecule has 0 aromatic heterocycles. The first-order valence-corrected chi connectivity index (χ1v) is 6.82. The van der Waals surface area contributed by atoms with Crippen molar-refractivity contribution in [2.24, 2.45) is 5.92 Å². The zero-order valence-electron chi connectivity index (χ0n) is 9.25. The maximum Gasteiger partial charge on any atom is 0.0233 e. The van der Waals surface area contributed by atoms with Crippen molar-refractivity contribution in [1.82, 2.24) is 4.90 Å². The normalized spacial score (nSPS) is 15.9. The molecule has 0 bridgehead atoms. The third-order valence-corrected chi connectivity index (χ3v) is 3.70. The van der Waals surface area contributed by atoms with Crippen LogP contribution < -0.4 is 0 Å². The lowest BCUT2D eigenvalue weighted by molar-refractivity contribution is 0.268. The molecule has 0 spiro atoms. The van der Waals surface area contributed by atoms with Gasteiger partial charge >= 0.3 is 0 Å². The predicted molar refractivity (Wildman–Crippen MR) is 72.8 cm³/mol. The first kappa shape index (κ1) is 11.4. The van der Waals surface area contributed by atoms with E-state index < -0.39 is 0 Å². The molecule has 1 saturated carbocycles. The van der Waals surface area contributed by atoms with Crippen molar-refractivity contribution in [1.29, 1.82) is 0 Å². The van der Waals surface area contributed by atoms with Crippen molar-refractivity contribution in [3.8, 4) is 0 Å². The summed E-state index contributed by atoms with van der Waals surface area (Å²) >= 11 is 2.36. The fourth-order valence-corrected chi connectivity index (χ4v) is 2.18. The van der Waals surface area contributed by atoms with E-state index in [0.29, 0.717) is 0 Å². The molecule has 1 nitrogen and oxygen atoms in total. The summed E-state index contributed by atoms with van der Waals surface area (Å²) in [6, 6.07) is 8.89. The van der Waals surface area contributed by atoms with Crippen molar-refractivity contribution in [3.05, 3.63) is 33.4 Å². The van der Waals surface area contributed by atoms with Gasteiger partial charge in [0.15, 0.2) is 0 Å². The van der Waals surface area contributed by atoms with Gasteiger partial charge in [-0.3, -0.25) is 4.90 Å². The van der Waals surface area contributed by atoms with Gasteiger partial charge in [0.05, 0.1) is 0 Å². The molecule has 1 aliphatic carbocycles. The Bertz CT molecular complexity index is 303. The number of hydrogen-bond donors (Lipinski definition) is 0. The van der Waals surface area contributed by atoms with E-state index in [2.05, 4.69) is 58.7 Å². The molecule has 0 saturated heterocycles. The third kappa shape index (κ3) is 3.76. The SMILES string of the molecule is CCN(Cc1ccc(I)cc1)CC1CC1. The predicted octanol–water partition coefficient (Wildman–Crippen LogP) is 3.52. The minimum Gasteiger partial charge on any atom is -0.299 e. The summed E-state index contributed by atoms with van der Waals surface area (Å²) in [6.45, 7) is 5.84. The lowest BCUT2D eigenvalue weighted by Crippen LogP contribution is -2.25. The molecule has 1 aliphatic rings. The summed E-state index contributed by atoms with van der Waals surface area (Å²) < 4.78 is 1.32. The highest BCUT2D eigenvalue weighted by Gasteiger charge is 2.23. The van der Waals surface area contributed by atoms with E-state index in [-0.39, 0.29) is 0 Å². The minimum absolute atomic E-state index is 0.994. The van der Waals surface area contributed by atoms with Gasteiger partial charge in [0.2, 0.25) is 0 Å². The standard InChI is InChI=1S/C13H18IN/c1-2-15(9-11-3-4-11)10-12-5-7-13(14)8-6-12/h5-8,11H,2-4,9-10H2,1H3. The van der Waals surface area contributed by atoms with Crippen LogP contribution in [-0.4, -0.2) is 18.0 Å². The number of rotatable bonds is 5. The summed E-state index contributed by atoms with van der Waals surface area (Å²) in [5.41, 5.74) is 1.44. The number of nitrogens with zero attached hydrogens (tertiary/aromatic N) is 1. The molecule has 0 amide bonds. The van der Waals surface area contributed by atoms with Crippen LogP contribution in [0.25, 0.3) is 0 Å². The van der Waals surface area contributed by atoms with E-state index in [1.807, 2.05) is 0 Å². The van der Waals surface area contributed by atoms with Crippen LogP contribution in [0.5, 0.6) is 0 Å². The van der Waals surface area contributed by atoms with Gasteiger partial charge in [-0.15, -0.1) is 0 Å². The highest BCUT2D eigenvalue weighted by Crippen LogP contribution is 2.30. The molecule has 82 valence electrons. The van der Waals surface area contributed by atoms with E-state index in [0.717, 1.165) is 12.5 Å². The molecule has 1 fully saturated rings. The summed E-state index contributed by atoms with van der Waals surface area (Å²) in [6.07, 6.45) is 2.90. The first-order valence-electron chi connectivity index (χ1n) is 5.74. The van der Waals surface area contributed by atoms with Gasteiger partial charge in [0.1, 0.15) is 0 Å². The Morgan fingerprint density at radius 2 is 1.93 bits per heavy atom. The summed E-state index contributed by atoms with van der Waals surface area (Å²) in [7, 11) is 0. The van der Waals surface area contributed by atoms with Crippen LogP contribution in [0, 0.1) is 9.49 Å². The Labute approximate surface area is 106 Å². The van der Waals surface area contributed by atoms with Crippen LogP contribution in [0.4, 0.5) is 0 Å². The number of hydrogen-bond acceptors (Lipinski definition) is 1. The Morgan fingerprint density at radius 3 is 2.47 bits per heavy atom. The quantitative estimate of drug-likeness (QED) is 0.752. The summed E-state index contributed by atoms with van der Waals surface area (Å²) in [5, 5.41) is 0. The molecule has 0 N–H and O–H groups in total. The smallest absolute Gasteiger partial charge is 0.0233 e. The molecule has 0 atom stereocenters. The van der Waals surface area contributed by atoms with Gasteiger partial charge in [0.25, 0.3) is 0 Å². The maximum absolute atomic E-state index is 2.56. The molecular formula is C13H18IN. The van der Waals surface area contributed by atoms with Crippen LogP contribution in [0.3, 0.4) is 0 Å². The molecule has 0 aliphatic heterocycles. The topological polar surface area (TPSA) is 3.24 Å². The summed E-state index contributed by atoms with van der Waals surface area (Å²) in [5.74, 6) is 0.994. The highest BCUT2D eigenvalue weighted by atomic mass is 127. The van der Waals surface area contributed by atoms with Gasteiger partial charge in [0, 0.05) is 16.7 Å². The lowest BCUT2D eigenvalue weighted by atomic mass is 10.2. The molecule has 1 aromatic rings. The van der Waals surface area contributed by atoms with Gasteiger partial charge in [-0.05, 0) is 65.6 Å². The van der Waals surface area contributed by atoms with Crippen molar-refractivity contribution in [3.63, 3.8) is 0 Å². The van der Waals surface area contributed by atoms with Gasteiger partial charge in [-0.1, -0.05) is 19.1 Å². The average Bonchev–Trinajstić information content (AvgIpc) is 3.04. The second-order valence-electron chi connectivity index (χ2n) is 4.40. The summed E-state index contributed by atoms with van der Waals surface area (Å²) in [4.78, 5) is 2.56. The molecule has 0 heterocycles. The van der Waals surface area contributed by atoms with Crippen molar-refractivity contribution < 1.29 is 0 Å². The third-order valence-electron chi connectivity index (χ3n) is 2.98. The maximum atomic E-state index is 2.56. The number of benzene rings is 1. The van der Waals surface area contributed by atoms with Crippen molar-refractivity contribution in [2.45, 2.75) is 26.3 Å². The van der Waals surface area contributed by atoms with Crippen molar-refractivity contribution in [2.75, 3.05) is 13.1 Å². The number of halogens is 1. The second-order valence-corrected chi connectivity index (χ2v) is 5.64. The van der Waals surface area contributed by atoms with Crippen LogP contribution in [0.1, 0.15) is 25.3 Å². The molecule has 0 radical (unpaired) electrons. The molecule has 0 unspecified atom stereocenters. The molecule has 2 rings (SSSR count). The highest BCUT2D eigenvalue weighted by molar-refractivity contribution is 14.1. The zero-order chi connectivity index (χ0) is 10.7. The minimum atomic E-state index is 0.994. The average molecular weight is 315 g/mol. The van der Waals surface area contributed by atoms with Gasteiger partial charge in [-0.2, -0.15) is 0 Å². The van der Waals surface area contributed by atoms with Crippen molar-refractivity contribution >= 4 is 22.6 Å². The Morgan fingerprint density at radius 1 is 1.27 bits per heavy atom. The van der Waals surface area contributed by atoms with Gasteiger partial charge < -0.3 is 0 Å². The van der Waals surface area contributed by atoms with E-state index in [1.54, 1.807) is 0 Å². The lowest BCUT2D eigenvalue weighted by Gasteiger charge is -2.20. The zero-order valence-corrected chi connectivity index (χ0v) is 11.4. The first-order chi connectivity index (χ1) is 7.28. The monoisotopic (exact) mass is 315 g/mol.